The first-order chi connectivity index (χ1) is 8.31. The van der Waals surface area contributed by atoms with E-state index in [0.29, 0.717) is 0 Å². The highest BCUT2D eigenvalue weighted by atomic mass is 79.9. The number of rotatable bonds is 2. The van der Waals surface area contributed by atoms with Crippen LogP contribution in [0.4, 0.5) is 5.13 Å². The number of hydrogen-bond donors (Lipinski definition) is 1. The molecule has 2 aromatic rings. The number of hydrogen-bond acceptors (Lipinski definition) is 4. The zero-order valence-electron chi connectivity index (χ0n) is 9.45. The van der Waals surface area contributed by atoms with Gasteiger partial charge in [0.25, 0.3) is 0 Å². The van der Waals surface area contributed by atoms with Gasteiger partial charge in [-0.05, 0) is 31.0 Å². The van der Waals surface area contributed by atoms with E-state index in [1.54, 1.807) is 11.3 Å². The minimum atomic E-state index is 1.00. The van der Waals surface area contributed by atoms with Gasteiger partial charge >= 0.3 is 0 Å². The van der Waals surface area contributed by atoms with Gasteiger partial charge in [0.1, 0.15) is 0 Å². The van der Waals surface area contributed by atoms with Crippen molar-refractivity contribution >= 4 is 42.6 Å². The number of benzene rings is 1. The van der Waals surface area contributed by atoms with Gasteiger partial charge in [-0.15, -0.1) is 0 Å². The van der Waals surface area contributed by atoms with E-state index in [9.17, 15) is 0 Å². The van der Waals surface area contributed by atoms with Crippen molar-refractivity contribution in [2.24, 2.45) is 0 Å². The number of halogens is 1. The second kappa shape index (κ2) is 4.92. The van der Waals surface area contributed by atoms with Crippen LogP contribution in [0.15, 0.2) is 22.7 Å². The van der Waals surface area contributed by atoms with Crippen LogP contribution in [0.5, 0.6) is 0 Å². The number of piperidine rings is 1. The molecule has 0 saturated carbocycles. The lowest BCUT2D eigenvalue weighted by Crippen LogP contribution is -2.34. The summed E-state index contributed by atoms with van der Waals surface area (Å²) in [6.45, 7) is 2.25. The number of fused-ring (bicyclic) bond motifs is 1. The van der Waals surface area contributed by atoms with Crippen molar-refractivity contribution in [1.29, 1.82) is 0 Å². The van der Waals surface area contributed by atoms with Gasteiger partial charge in [-0.1, -0.05) is 33.7 Å². The molecular formula is C12H14BrN3S. The SMILES string of the molecule is Brc1ccc2sc(NN3CCCCC3)nc2c1. The summed E-state index contributed by atoms with van der Waals surface area (Å²) in [5.41, 5.74) is 4.47. The molecule has 1 aromatic heterocycles. The van der Waals surface area contributed by atoms with Crippen LogP contribution in [-0.4, -0.2) is 23.1 Å². The highest BCUT2D eigenvalue weighted by Crippen LogP contribution is 2.28. The monoisotopic (exact) mass is 311 g/mol. The molecule has 1 saturated heterocycles. The molecule has 17 heavy (non-hydrogen) atoms. The van der Waals surface area contributed by atoms with E-state index in [1.165, 1.54) is 24.0 Å². The van der Waals surface area contributed by atoms with Gasteiger partial charge in [-0.2, -0.15) is 0 Å². The number of nitrogens with zero attached hydrogens (tertiary/aromatic N) is 2. The summed E-state index contributed by atoms with van der Waals surface area (Å²) < 4.78 is 2.31. The molecule has 0 atom stereocenters. The van der Waals surface area contributed by atoms with Gasteiger partial charge in [0, 0.05) is 17.6 Å². The highest BCUT2D eigenvalue weighted by molar-refractivity contribution is 9.10. The molecule has 1 N–H and O–H groups in total. The van der Waals surface area contributed by atoms with Gasteiger partial charge < -0.3 is 0 Å². The Morgan fingerprint density at radius 3 is 2.88 bits per heavy atom. The van der Waals surface area contributed by atoms with Crippen molar-refractivity contribution in [3.8, 4) is 0 Å². The minimum absolute atomic E-state index is 1.00. The van der Waals surface area contributed by atoms with E-state index in [2.05, 4.69) is 49.5 Å². The Kier molecular flexibility index (Phi) is 3.31. The number of hydrazine groups is 1. The fraction of sp³-hybridized carbons (Fsp3) is 0.417. The van der Waals surface area contributed by atoms with Crippen LogP contribution in [0.3, 0.4) is 0 Å². The van der Waals surface area contributed by atoms with Crippen LogP contribution in [-0.2, 0) is 0 Å². The second-order valence-electron chi connectivity index (χ2n) is 4.29. The summed E-state index contributed by atoms with van der Waals surface area (Å²) in [6.07, 6.45) is 3.91. The Balaban J connectivity index is 1.80. The van der Waals surface area contributed by atoms with Crippen LogP contribution >= 0.6 is 27.3 Å². The smallest absolute Gasteiger partial charge is 0.198 e. The van der Waals surface area contributed by atoms with Crippen molar-refractivity contribution in [3.05, 3.63) is 22.7 Å². The Labute approximate surface area is 113 Å². The van der Waals surface area contributed by atoms with E-state index in [1.807, 2.05) is 0 Å². The topological polar surface area (TPSA) is 28.2 Å². The molecule has 3 nitrogen and oxygen atoms in total. The molecule has 0 amide bonds. The maximum Gasteiger partial charge on any atom is 0.198 e. The van der Waals surface area contributed by atoms with E-state index >= 15 is 0 Å². The van der Waals surface area contributed by atoms with Crippen molar-refractivity contribution in [3.63, 3.8) is 0 Å². The van der Waals surface area contributed by atoms with E-state index in [4.69, 9.17) is 0 Å². The standard InChI is InChI=1S/C12H14BrN3S/c13-9-4-5-11-10(8-9)14-12(17-11)15-16-6-2-1-3-7-16/h4-5,8H,1-3,6-7H2,(H,14,15). The van der Waals surface area contributed by atoms with E-state index < -0.39 is 0 Å². The molecule has 0 bridgehead atoms. The summed E-state index contributed by atoms with van der Waals surface area (Å²) in [7, 11) is 0. The van der Waals surface area contributed by atoms with Gasteiger partial charge in [-0.3, -0.25) is 5.43 Å². The van der Waals surface area contributed by atoms with Crippen LogP contribution in [0, 0.1) is 0 Å². The zero-order valence-corrected chi connectivity index (χ0v) is 11.9. The first kappa shape index (κ1) is 11.4. The van der Waals surface area contributed by atoms with Gasteiger partial charge in [-0.25, -0.2) is 9.99 Å². The summed E-state index contributed by atoms with van der Waals surface area (Å²) >= 11 is 5.19. The molecule has 90 valence electrons. The molecular weight excluding hydrogens is 298 g/mol. The largest absolute Gasteiger partial charge is 0.294 e. The third kappa shape index (κ3) is 2.61. The lowest BCUT2D eigenvalue weighted by Gasteiger charge is -2.26. The maximum absolute atomic E-state index is 4.60. The fourth-order valence-corrected chi connectivity index (χ4v) is 3.31. The summed E-state index contributed by atoms with van der Waals surface area (Å²) in [4.78, 5) is 4.60. The first-order valence-corrected chi connectivity index (χ1v) is 7.50. The fourth-order valence-electron chi connectivity index (χ4n) is 2.09. The summed E-state index contributed by atoms with van der Waals surface area (Å²) in [5, 5.41) is 3.27. The molecule has 2 heterocycles. The van der Waals surface area contributed by atoms with Crippen LogP contribution in [0.1, 0.15) is 19.3 Å². The van der Waals surface area contributed by atoms with Crippen molar-refractivity contribution in [1.82, 2.24) is 9.99 Å². The number of aromatic nitrogens is 1. The molecule has 1 aliphatic heterocycles. The maximum atomic E-state index is 4.60. The predicted molar refractivity (Wildman–Crippen MR) is 76.4 cm³/mol. The zero-order chi connectivity index (χ0) is 11.7. The van der Waals surface area contributed by atoms with Crippen molar-refractivity contribution in [2.45, 2.75) is 19.3 Å². The summed E-state index contributed by atoms with van der Waals surface area (Å²) in [5.74, 6) is 0. The van der Waals surface area contributed by atoms with E-state index in [-0.39, 0.29) is 0 Å². The van der Waals surface area contributed by atoms with Gasteiger partial charge in [0.2, 0.25) is 0 Å². The molecule has 1 aliphatic rings. The predicted octanol–water partition coefficient (Wildman–Crippen LogP) is 3.87. The normalized spacial score (nSPS) is 17.5. The third-order valence-corrected chi connectivity index (χ3v) is 4.39. The van der Waals surface area contributed by atoms with Crippen molar-refractivity contribution < 1.29 is 0 Å². The number of anilines is 1. The molecule has 0 unspecified atom stereocenters. The molecule has 5 heteroatoms. The lowest BCUT2D eigenvalue weighted by molar-refractivity contribution is 0.273. The lowest BCUT2D eigenvalue weighted by atomic mass is 10.2. The third-order valence-electron chi connectivity index (χ3n) is 2.96. The Morgan fingerprint density at radius 2 is 2.06 bits per heavy atom. The first-order valence-electron chi connectivity index (χ1n) is 5.89. The molecule has 1 aromatic carbocycles. The van der Waals surface area contributed by atoms with Crippen LogP contribution in [0.25, 0.3) is 10.2 Å². The summed E-state index contributed by atoms with van der Waals surface area (Å²) in [6, 6.07) is 6.23. The molecule has 3 rings (SSSR count). The quantitative estimate of drug-likeness (QED) is 0.912. The Hall–Kier alpha value is -0.650. The second-order valence-corrected chi connectivity index (χ2v) is 6.24. The Morgan fingerprint density at radius 1 is 1.24 bits per heavy atom. The van der Waals surface area contributed by atoms with E-state index in [0.717, 1.165) is 28.2 Å². The number of nitrogens with one attached hydrogen (secondary N) is 1. The molecule has 0 aliphatic carbocycles. The molecule has 0 spiro atoms. The molecule has 0 radical (unpaired) electrons. The molecule has 1 fully saturated rings. The Bertz CT molecular complexity index is 519. The average Bonchev–Trinajstić information content (AvgIpc) is 2.71. The minimum Gasteiger partial charge on any atom is -0.294 e. The highest BCUT2D eigenvalue weighted by Gasteiger charge is 2.12. The average molecular weight is 312 g/mol. The van der Waals surface area contributed by atoms with Gasteiger partial charge in [0.15, 0.2) is 5.13 Å². The number of thiazole rings is 1. The van der Waals surface area contributed by atoms with Crippen LogP contribution in [0.2, 0.25) is 0 Å². The van der Waals surface area contributed by atoms with Crippen molar-refractivity contribution in [2.75, 3.05) is 18.5 Å². The van der Waals surface area contributed by atoms with Gasteiger partial charge in [0.05, 0.1) is 10.2 Å². The van der Waals surface area contributed by atoms with Crippen LogP contribution < -0.4 is 5.43 Å².